The van der Waals surface area contributed by atoms with E-state index in [0.717, 1.165) is 5.39 Å². The first-order valence-corrected chi connectivity index (χ1v) is 7.90. The molecule has 0 aliphatic carbocycles. The Balaban J connectivity index is 1.50. The Bertz CT molecular complexity index is 1060. The van der Waals surface area contributed by atoms with Gasteiger partial charge in [-0.1, -0.05) is 18.2 Å². The highest BCUT2D eigenvalue weighted by molar-refractivity contribution is 6.06. The number of hydrogen-bond donors (Lipinski definition) is 2. The van der Waals surface area contributed by atoms with Crippen molar-refractivity contribution in [2.75, 3.05) is 5.32 Å². The number of hydrogen-bond acceptors (Lipinski definition) is 4. The molecule has 2 aromatic carbocycles. The third-order valence-corrected chi connectivity index (χ3v) is 3.86. The van der Waals surface area contributed by atoms with Gasteiger partial charge < -0.3 is 14.5 Å². The summed E-state index contributed by atoms with van der Waals surface area (Å²) >= 11 is 0. The number of carbonyl (C=O) groups is 1. The number of anilines is 1. The van der Waals surface area contributed by atoms with Gasteiger partial charge >= 0.3 is 0 Å². The molecule has 4 rings (SSSR count). The summed E-state index contributed by atoms with van der Waals surface area (Å²) in [7, 11) is 0. The summed E-state index contributed by atoms with van der Waals surface area (Å²) in [4.78, 5) is 12.1. The Morgan fingerprint density at radius 2 is 2.08 bits per heavy atom. The summed E-state index contributed by atoms with van der Waals surface area (Å²) in [6.07, 6.45) is 1.43. The van der Waals surface area contributed by atoms with E-state index >= 15 is 0 Å². The molecule has 0 radical (unpaired) electrons. The Morgan fingerprint density at radius 3 is 2.88 bits per heavy atom. The van der Waals surface area contributed by atoms with E-state index in [-0.39, 0.29) is 24.1 Å². The highest BCUT2D eigenvalue weighted by atomic mass is 19.1. The van der Waals surface area contributed by atoms with Crippen LogP contribution in [0.15, 0.2) is 65.3 Å². The van der Waals surface area contributed by atoms with Gasteiger partial charge in [0, 0.05) is 17.0 Å². The predicted octanol–water partition coefficient (Wildman–Crippen LogP) is 4.13. The van der Waals surface area contributed by atoms with Crippen molar-refractivity contribution in [2.24, 2.45) is 0 Å². The lowest BCUT2D eigenvalue weighted by Gasteiger charge is -2.07. The molecule has 0 aliphatic rings. The number of fused-ring (bicyclic) bond motifs is 1. The maximum absolute atomic E-state index is 13.6. The van der Waals surface area contributed by atoms with Crippen LogP contribution in [0.1, 0.15) is 16.1 Å². The Morgan fingerprint density at radius 1 is 1.19 bits per heavy atom. The molecule has 0 bridgehead atoms. The Hall–Kier alpha value is -3.61. The maximum Gasteiger partial charge on any atom is 0.292 e. The van der Waals surface area contributed by atoms with Crippen LogP contribution in [-0.4, -0.2) is 16.1 Å². The van der Waals surface area contributed by atoms with Gasteiger partial charge in [-0.2, -0.15) is 5.10 Å². The molecule has 2 N–H and O–H groups in total. The van der Waals surface area contributed by atoms with Gasteiger partial charge in [0.25, 0.3) is 5.91 Å². The minimum atomic E-state index is -0.386. The molecule has 0 saturated heterocycles. The quantitative estimate of drug-likeness (QED) is 0.567. The van der Waals surface area contributed by atoms with E-state index in [1.165, 1.54) is 12.3 Å². The van der Waals surface area contributed by atoms with E-state index < -0.39 is 0 Å². The molecule has 0 spiro atoms. The number of nitrogens with one attached hydrogen (secondary N) is 2. The number of nitrogens with zero attached hydrogens (tertiary/aromatic N) is 1. The fraction of sp³-hybridized carbons (Fsp3) is 0.0526. The number of H-pyrrole nitrogens is 1. The van der Waals surface area contributed by atoms with Crippen molar-refractivity contribution in [3.05, 3.63) is 78.0 Å². The van der Waals surface area contributed by atoms with E-state index in [0.29, 0.717) is 22.6 Å². The van der Waals surface area contributed by atoms with Crippen LogP contribution >= 0.6 is 0 Å². The molecular formula is C19H14FN3O3. The first kappa shape index (κ1) is 15.9. The molecular weight excluding hydrogens is 337 g/mol. The van der Waals surface area contributed by atoms with Crippen molar-refractivity contribution in [2.45, 2.75) is 6.61 Å². The van der Waals surface area contributed by atoms with Crippen molar-refractivity contribution in [3.63, 3.8) is 0 Å². The molecule has 0 aliphatic heterocycles. The molecule has 0 unspecified atom stereocenters. The lowest BCUT2D eigenvalue weighted by Crippen LogP contribution is -2.11. The van der Waals surface area contributed by atoms with Gasteiger partial charge in [-0.25, -0.2) is 4.39 Å². The van der Waals surface area contributed by atoms with Crippen molar-refractivity contribution in [1.82, 2.24) is 10.2 Å². The molecule has 130 valence electrons. The lowest BCUT2D eigenvalue weighted by atomic mass is 10.2. The largest absolute Gasteiger partial charge is 0.489 e. The van der Waals surface area contributed by atoms with E-state index in [1.54, 1.807) is 48.5 Å². The number of aromatic nitrogens is 2. The second-order valence-corrected chi connectivity index (χ2v) is 5.59. The number of furan rings is 1. The summed E-state index contributed by atoms with van der Waals surface area (Å²) < 4.78 is 24.3. The van der Waals surface area contributed by atoms with Crippen LogP contribution in [0, 0.1) is 5.82 Å². The summed E-state index contributed by atoms with van der Waals surface area (Å²) in [5.74, 6) is 0.461. The summed E-state index contributed by atoms with van der Waals surface area (Å²) in [6.45, 7) is 0.119. The number of benzene rings is 2. The van der Waals surface area contributed by atoms with Crippen LogP contribution < -0.4 is 10.1 Å². The third kappa shape index (κ3) is 3.14. The van der Waals surface area contributed by atoms with Crippen LogP contribution in [0.2, 0.25) is 0 Å². The van der Waals surface area contributed by atoms with Gasteiger partial charge in [-0.3, -0.25) is 9.89 Å². The summed E-state index contributed by atoms with van der Waals surface area (Å²) in [5, 5.41) is 10.4. The molecule has 0 saturated carbocycles. The van der Waals surface area contributed by atoms with Crippen molar-refractivity contribution in [1.29, 1.82) is 0 Å². The zero-order valence-corrected chi connectivity index (χ0v) is 13.5. The smallest absolute Gasteiger partial charge is 0.292 e. The Kier molecular flexibility index (Phi) is 4.10. The first-order chi connectivity index (χ1) is 12.7. The van der Waals surface area contributed by atoms with E-state index in [4.69, 9.17) is 9.15 Å². The van der Waals surface area contributed by atoms with Gasteiger partial charge in [-0.05, 0) is 30.3 Å². The van der Waals surface area contributed by atoms with Crippen LogP contribution in [-0.2, 0) is 6.61 Å². The second kappa shape index (κ2) is 6.72. The lowest BCUT2D eigenvalue weighted by molar-refractivity contribution is 0.0996. The van der Waals surface area contributed by atoms with E-state index in [9.17, 15) is 9.18 Å². The number of carbonyl (C=O) groups excluding carboxylic acids is 1. The second-order valence-electron chi connectivity index (χ2n) is 5.59. The van der Waals surface area contributed by atoms with Gasteiger partial charge in [-0.15, -0.1) is 0 Å². The average molecular weight is 351 g/mol. The summed E-state index contributed by atoms with van der Waals surface area (Å²) in [5.41, 5.74) is 1.16. The topological polar surface area (TPSA) is 80.2 Å². The minimum absolute atomic E-state index is 0.119. The number of rotatable bonds is 5. The molecule has 6 nitrogen and oxygen atoms in total. The zero-order chi connectivity index (χ0) is 17.9. The van der Waals surface area contributed by atoms with Crippen molar-refractivity contribution < 1.29 is 18.3 Å². The van der Waals surface area contributed by atoms with Gasteiger partial charge in [0.2, 0.25) is 0 Å². The fourth-order valence-corrected chi connectivity index (χ4v) is 2.54. The standard InChI is InChI=1S/C19H14FN3O3/c20-15-5-2-1-4-12(15)11-26-13-7-8-14-16(10-13)22-23-18(14)21-19(24)17-6-3-9-25-17/h1-10H,11H2,(H2,21,22,23,24). The first-order valence-electron chi connectivity index (χ1n) is 7.90. The third-order valence-electron chi connectivity index (χ3n) is 3.86. The molecule has 0 atom stereocenters. The highest BCUT2D eigenvalue weighted by Gasteiger charge is 2.13. The number of ether oxygens (including phenoxy) is 1. The van der Waals surface area contributed by atoms with E-state index in [2.05, 4.69) is 15.5 Å². The molecule has 1 amide bonds. The molecule has 26 heavy (non-hydrogen) atoms. The van der Waals surface area contributed by atoms with Crippen molar-refractivity contribution >= 4 is 22.6 Å². The molecule has 2 heterocycles. The predicted molar refractivity (Wildman–Crippen MR) is 93.5 cm³/mol. The molecule has 4 aromatic rings. The zero-order valence-electron chi connectivity index (χ0n) is 13.5. The van der Waals surface area contributed by atoms with E-state index in [1.807, 2.05) is 0 Å². The average Bonchev–Trinajstić information content (AvgIpc) is 3.31. The Labute approximate surface area is 147 Å². The minimum Gasteiger partial charge on any atom is -0.489 e. The number of amides is 1. The number of aromatic amines is 1. The SMILES string of the molecule is O=C(Nc1n[nH]c2cc(OCc3ccccc3F)ccc12)c1ccco1. The van der Waals surface area contributed by atoms with Gasteiger partial charge in [0.15, 0.2) is 11.6 Å². The maximum atomic E-state index is 13.6. The van der Waals surface area contributed by atoms with Crippen LogP contribution in [0.4, 0.5) is 10.2 Å². The molecule has 0 fully saturated rings. The molecule has 7 heteroatoms. The molecule has 2 aromatic heterocycles. The van der Waals surface area contributed by atoms with Crippen LogP contribution in [0.5, 0.6) is 5.75 Å². The van der Waals surface area contributed by atoms with Gasteiger partial charge in [0.05, 0.1) is 11.8 Å². The van der Waals surface area contributed by atoms with Gasteiger partial charge in [0.1, 0.15) is 18.2 Å². The number of halogens is 1. The van der Waals surface area contributed by atoms with Crippen LogP contribution in [0.3, 0.4) is 0 Å². The van der Waals surface area contributed by atoms with Crippen molar-refractivity contribution in [3.8, 4) is 5.75 Å². The summed E-state index contributed by atoms with van der Waals surface area (Å²) in [6, 6.07) is 14.9. The van der Waals surface area contributed by atoms with Crippen LogP contribution in [0.25, 0.3) is 10.9 Å². The fourth-order valence-electron chi connectivity index (χ4n) is 2.54. The normalized spacial score (nSPS) is 10.8. The monoisotopic (exact) mass is 351 g/mol. The highest BCUT2D eigenvalue weighted by Crippen LogP contribution is 2.26.